The first-order chi connectivity index (χ1) is 10.4. The van der Waals surface area contributed by atoms with Gasteiger partial charge in [-0.15, -0.1) is 0 Å². The number of ether oxygens (including phenoxy) is 1. The summed E-state index contributed by atoms with van der Waals surface area (Å²) in [4.78, 5) is 7.94. The number of benzene rings is 1. The summed E-state index contributed by atoms with van der Waals surface area (Å²) in [6, 6.07) is 6.06. The van der Waals surface area contributed by atoms with Gasteiger partial charge in [0.05, 0.1) is 0 Å². The van der Waals surface area contributed by atoms with E-state index in [0.29, 0.717) is 5.84 Å². The van der Waals surface area contributed by atoms with Crippen molar-refractivity contribution in [3.63, 3.8) is 0 Å². The molecule has 1 aromatic carbocycles. The molecule has 0 aliphatic heterocycles. The highest BCUT2D eigenvalue weighted by Gasteiger charge is 2.41. The van der Waals surface area contributed by atoms with Crippen LogP contribution in [0.1, 0.15) is 12.5 Å². The molecule has 7 heteroatoms. The number of alkyl halides is 4. The standard InChI is InChI=1S/C15H16F4N2O/c1-3-21-13(20-2)9-6-11-4-7-12(8-5-11)22-10-15(18,19)14(16)17/h3-9,14H,10H2,1-2H3/b9-6+,20-13?,21-3?. The summed E-state index contributed by atoms with van der Waals surface area (Å²) < 4.78 is 54.1. The summed E-state index contributed by atoms with van der Waals surface area (Å²) >= 11 is 0. The average molecular weight is 316 g/mol. The van der Waals surface area contributed by atoms with E-state index in [9.17, 15) is 17.6 Å². The molecule has 22 heavy (non-hydrogen) atoms. The zero-order chi connectivity index (χ0) is 16.6. The zero-order valence-corrected chi connectivity index (χ0v) is 12.1. The van der Waals surface area contributed by atoms with E-state index in [1.165, 1.54) is 12.1 Å². The van der Waals surface area contributed by atoms with E-state index in [4.69, 9.17) is 0 Å². The third kappa shape index (κ3) is 5.67. The number of aliphatic imine (C=N–C) groups is 2. The maximum atomic E-state index is 12.7. The minimum Gasteiger partial charge on any atom is -0.487 e. The number of halogens is 4. The van der Waals surface area contributed by atoms with Gasteiger partial charge in [-0.2, -0.15) is 8.78 Å². The van der Waals surface area contributed by atoms with Gasteiger partial charge < -0.3 is 4.74 Å². The third-order valence-corrected chi connectivity index (χ3v) is 2.55. The van der Waals surface area contributed by atoms with Crippen molar-refractivity contribution in [1.29, 1.82) is 0 Å². The van der Waals surface area contributed by atoms with Gasteiger partial charge in [0.1, 0.15) is 11.6 Å². The number of hydrogen-bond donors (Lipinski definition) is 0. The molecule has 0 saturated carbocycles. The van der Waals surface area contributed by atoms with Crippen LogP contribution < -0.4 is 4.74 Å². The van der Waals surface area contributed by atoms with Gasteiger partial charge in [0.15, 0.2) is 6.61 Å². The van der Waals surface area contributed by atoms with E-state index in [-0.39, 0.29) is 5.75 Å². The first-order valence-electron chi connectivity index (χ1n) is 6.41. The Balaban J connectivity index is 2.66. The van der Waals surface area contributed by atoms with Crippen molar-refractivity contribution in [2.24, 2.45) is 9.98 Å². The highest BCUT2D eigenvalue weighted by atomic mass is 19.3. The van der Waals surface area contributed by atoms with E-state index in [0.717, 1.165) is 5.56 Å². The monoisotopic (exact) mass is 316 g/mol. The Hall–Kier alpha value is -2.18. The van der Waals surface area contributed by atoms with Gasteiger partial charge in [-0.25, -0.2) is 13.8 Å². The second-order valence-corrected chi connectivity index (χ2v) is 4.22. The average Bonchev–Trinajstić information content (AvgIpc) is 2.50. The van der Waals surface area contributed by atoms with Crippen molar-refractivity contribution < 1.29 is 22.3 Å². The van der Waals surface area contributed by atoms with E-state index in [2.05, 4.69) is 14.7 Å². The van der Waals surface area contributed by atoms with Gasteiger partial charge in [0, 0.05) is 13.3 Å². The van der Waals surface area contributed by atoms with Crippen molar-refractivity contribution in [3.05, 3.63) is 35.9 Å². The van der Waals surface area contributed by atoms with Crippen LogP contribution in [-0.4, -0.2) is 38.1 Å². The minimum absolute atomic E-state index is 0.0911. The SMILES string of the molecule is CC=NC(/C=C/c1ccc(OCC(F)(F)C(F)F)cc1)=NC. The van der Waals surface area contributed by atoms with Crippen molar-refractivity contribution in [3.8, 4) is 5.75 Å². The maximum absolute atomic E-state index is 12.7. The maximum Gasteiger partial charge on any atom is 0.340 e. The molecule has 0 N–H and O–H groups in total. The molecule has 0 amide bonds. The molecule has 0 spiro atoms. The largest absolute Gasteiger partial charge is 0.487 e. The Morgan fingerprint density at radius 1 is 1.27 bits per heavy atom. The fourth-order valence-electron chi connectivity index (χ4n) is 1.40. The van der Waals surface area contributed by atoms with Crippen LogP contribution in [0.25, 0.3) is 6.08 Å². The number of rotatable bonds is 6. The molecule has 120 valence electrons. The lowest BCUT2D eigenvalue weighted by Gasteiger charge is -2.15. The van der Waals surface area contributed by atoms with Crippen LogP contribution in [0, 0.1) is 0 Å². The predicted molar refractivity (Wildman–Crippen MR) is 79.4 cm³/mol. The van der Waals surface area contributed by atoms with Gasteiger partial charge in [-0.05, 0) is 30.7 Å². The Labute approximate surface area is 126 Å². The van der Waals surface area contributed by atoms with Gasteiger partial charge in [0.2, 0.25) is 0 Å². The Kier molecular flexibility index (Phi) is 6.75. The summed E-state index contributed by atoms with van der Waals surface area (Å²) in [7, 11) is 1.60. The Morgan fingerprint density at radius 2 is 1.91 bits per heavy atom. The fraction of sp³-hybridized carbons (Fsp3) is 0.333. The molecule has 3 nitrogen and oxygen atoms in total. The normalized spacial score (nSPS) is 13.5. The lowest BCUT2D eigenvalue weighted by molar-refractivity contribution is -0.148. The number of hydrogen-bond acceptors (Lipinski definition) is 2. The van der Waals surface area contributed by atoms with Gasteiger partial charge in [-0.3, -0.25) is 4.99 Å². The van der Waals surface area contributed by atoms with Crippen LogP contribution in [0.5, 0.6) is 5.75 Å². The summed E-state index contributed by atoms with van der Waals surface area (Å²) in [6.45, 7) is 0.401. The molecule has 0 radical (unpaired) electrons. The van der Waals surface area contributed by atoms with Crippen LogP contribution in [0.2, 0.25) is 0 Å². The molecule has 0 fully saturated rings. The number of amidine groups is 1. The highest BCUT2D eigenvalue weighted by Crippen LogP contribution is 2.24. The Morgan fingerprint density at radius 3 is 2.41 bits per heavy atom. The molecule has 1 rings (SSSR count). The topological polar surface area (TPSA) is 34.0 Å². The van der Waals surface area contributed by atoms with Crippen LogP contribution >= 0.6 is 0 Å². The number of nitrogens with zero attached hydrogens (tertiary/aromatic N) is 2. The summed E-state index contributed by atoms with van der Waals surface area (Å²) in [5.41, 5.74) is 0.764. The quantitative estimate of drug-likeness (QED) is 0.442. The van der Waals surface area contributed by atoms with E-state index in [1.807, 2.05) is 0 Å². The van der Waals surface area contributed by atoms with Crippen molar-refractivity contribution in [2.45, 2.75) is 19.3 Å². The molecule has 1 aromatic rings. The molecule has 0 atom stereocenters. The van der Waals surface area contributed by atoms with E-state index in [1.54, 1.807) is 44.5 Å². The molecule has 0 aliphatic carbocycles. The van der Waals surface area contributed by atoms with E-state index >= 15 is 0 Å². The van der Waals surface area contributed by atoms with Crippen LogP contribution in [0.3, 0.4) is 0 Å². The molecule has 0 heterocycles. The molecule has 0 aliphatic rings. The summed E-state index contributed by atoms with van der Waals surface area (Å²) in [5.74, 6) is -3.55. The minimum atomic E-state index is -4.16. The second kappa shape index (κ2) is 8.31. The third-order valence-electron chi connectivity index (χ3n) is 2.55. The fourth-order valence-corrected chi connectivity index (χ4v) is 1.40. The molecule has 0 aromatic heterocycles. The highest BCUT2D eigenvalue weighted by molar-refractivity contribution is 6.00. The van der Waals surface area contributed by atoms with Crippen LogP contribution in [-0.2, 0) is 0 Å². The lowest BCUT2D eigenvalue weighted by atomic mass is 10.2. The Bertz CT molecular complexity index is 551. The first-order valence-corrected chi connectivity index (χ1v) is 6.41. The summed E-state index contributed by atoms with van der Waals surface area (Å²) in [5, 5.41) is 0. The van der Waals surface area contributed by atoms with Crippen molar-refractivity contribution in [1.82, 2.24) is 0 Å². The van der Waals surface area contributed by atoms with Gasteiger partial charge in [0.25, 0.3) is 0 Å². The van der Waals surface area contributed by atoms with E-state index < -0.39 is 19.0 Å². The van der Waals surface area contributed by atoms with Crippen molar-refractivity contribution >= 4 is 18.1 Å². The lowest BCUT2D eigenvalue weighted by Crippen LogP contribution is -2.33. The summed E-state index contributed by atoms with van der Waals surface area (Å²) in [6.07, 6.45) is 1.26. The predicted octanol–water partition coefficient (Wildman–Crippen LogP) is 4.10. The van der Waals surface area contributed by atoms with Gasteiger partial charge >= 0.3 is 12.3 Å². The van der Waals surface area contributed by atoms with Crippen molar-refractivity contribution in [2.75, 3.05) is 13.7 Å². The molecule has 0 bridgehead atoms. The molecular formula is C15H16F4N2O. The second-order valence-electron chi connectivity index (χ2n) is 4.22. The molecular weight excluding hydrogens is 300 g/mol. The molecule has 0 unspecified atom stereocenters. The van der Waals surface area contributed by atoms with Crippen LogP contribution in [0.15, 0.2) is 40.3 Å². The smallest absolute Gasteiger partial charge is 0.340 e. The zero-order valence-electron chi connectivity index (χ0n) is 12.1. The van der Waals surface area contributed by atoms with Crippen LogP contribution in [0.4, 0.5) is 17.6 Å². The van der Waals surface area contributed by atoms with Gasteiger partial charge in [-0.1, -0.05) is 18.2 Å². The first kappa shape index (κ1) is 17.9. The molecule has 0 saturated heterocycles.